The van der Waals surface area contributed by atoms with Crippen molar-refractivity contribution in [2.75, 3.05) is 19.8 Å². The van der Waals surface area contributed by atoms with Crippen molar-refractivity contribution in [2.45, 2.75) is 36.8 Å². The van der Waals surface area contributed by atoms with E-state index in [1.54, 1.807) is 0 Å². The smallest absolute Gasteiger partial charge is 0.186 e. The predicted octanol–water partition coefficient (Wildman–Crippen LogP) is -3.84. The fourth-order valence-electron chi connectivity index (χ4n) is 1.46. The molecule has 1 aliphatic heterocycles. The SMILES string of the molecule is OCC(O)CO[C@H]1O[C@H](CO)[C@@H](O)[C@H](O)[C@H]1O. The van der Waals surface area contributed by atoms with Crippen LogP contribution in [0.3, 0.4) is 0 Å². The average molecular weight is 254 g/mol. The Bertz CT molecular complexity index is 223. The summed E-state index contributed by atoms with van der Waals surface area (Å²) in [6, 6.07) is 0. The molecular weight excluding hydrogens is 236 g/mol. The third-order valence-electron chi connectivity index (χ3n) is 2.51. The van der Waals surface area contributed by atoms with Crippen LogP contribution >= 0.6 is 0 Å². The van der Waals surface area contributed by atoms with Gasteiger partial charge in [-0.25, -0.2) is 0 Å². The second kappa shape index (κ2) is 6.57. The maximum Gasteiger partial charge on any atom is 0.186 e. The van der Waals surface area contributed by atoms with E-state index in [0.29, 0.717) is 0 Å². The highest BCUT2D eigenvalue weighted by Crippen LogP contribution is 2.21. The molecule has 1 unspecified atom stereocenters. The van der Waals surface area contributed by atoms with E-state index in [2.05, 4.69) is 0 Å². The highest BCUT2D eigenvalue weighted by molar-refractivity contribution is 4.88. The lowest BCUT2D eigenvalue weighted by atomic mass is 9.99. The van der Waals surface area contributed by atoms with Crippen molar-refractivity contribution in [1.29, 1.82) is 0 Å². The first-order valence-corrected chi connectivity index (χ1v) is 5.22. The van der Waals surface area contributed by atoms with E-state index in [-0.39, 0.29) is 6.61 Å². The fraction of sp³-hybridized carbons (Fsp3) is 1.00. The molecule has 8 nitrogen and oxygen atoms in total. The molecule has 0 spiro atoms. The summed E-state index contributed by atoms with van der Waals surface area (Å²) >= 11 is 0. The maximum atomic E-state index is 9.52. The van der Waals surface area contributed by atoms with Crippen LogP contribution in [0.5, 0.6) is 0 Å². The van der Waals surface area contributed by atoms with Crippen molar-refractivity contribution < 1.29 is 40.1 Å². The summed E-state index contributed by atoms with van der Waals surface area (Å²) < 4.78 is 9.93. The van der Waals surface area contributed by atoms with E-state index in [1.165, 1.54) is 0 Å². The molecular formula is C9H18O8. The summed E-state index contributed by atoms with van der Waals surface area (Å²) in [6.07, 6.45) is -7.94. The largest absolute Gasteiger partial charge is 0.394 e. The Kier molecular flexibility index (Phi) is 5.70. The lowest BCUT2D eigenvalue weighted by Gasteiger charge is -2.39. The number of hydrogen-bond donors (Lipinski definition) is 6. The normalized spacial score (nSPS) is 40.2. The van der Waals surface area contributed by atoms with Crippen LogP contribution in [0.4, 0.5) is 0 Å². The van der Waals surface area contributed by atoms with Crippen molar-refractivity contribution in [1.82, 2.24) is 0 Å². The minimum Gasteiger partial charge on any atom is -0.394 e. The van der Waals surface area contributed by atoms with Gasteiger partial charge in [0.2, 0.25) is 0 Å². The first-order valence-electron chi connectivity index (χ1n) is 5.22. The molecule has 102 valence electrons. The number of ether oxygens (including phenoxy) is 2. The Morgan fingerprint density at radius 3 is 2.24 bits per heavy atom. The molecule has 8 heteroatoms. The first-order chi connectivity index (χ1) is 8.01. The van der Waals surface area contributed by atoms with Gasteiger partial charge in [-0.05, 0) is 0 Å². The Labute approximate surface area is 97.6 Å². The van der Waals surface area contributed by atoms with Crippen molar-refractivity contribution in [3.8, 4) is 0 Å². The average Bonchev–Trinajstić information content (AvgIpc) is 2.34. The Morgan fingerprint density at radius 2 is 1.71 bits per heavy atom. The predicted molar refractivity (Wildman–Crippen MR) is 52.8 cm³/mol. The molecule has 1 aliphatic rings. The zero-order valence-corrected chi connectivity index (χ0v) is 9.09. The van der Waals surface area contributed by atoms with Crippen molar-refractivity contribution in [2.24, 2.45) is 0 Å². The molecule has 1 saturated heterocycles. The van der Waals surface area contributed by atoms with Crippen LogP contribution < -0.4 is 0 Å². The van der Waals surface area contributed by atoms with Crippen LogP contribution in [-0.4, -0.2) is 87.3 Å². The highest BCUT2D eigenvalue weighted by Gasteiger charge is 2.44. The van der Waals surface area contributed by atoms with Gasteiger partial charge in [0.05, 0.1) is 19.8 Å². The Morgan fingerprint density at radius 1 is 1.06 bits per heavy atom. The molecule has 0 radical (unpaired) electrons. The number of aliphatic hydroxyl groups is 6. The van der Waals surface area contributed by atoms with Crippen LogP contribution in [0.15, 0.2) is 0 Å². The van der Waals surface area contributed by atoms with Gasteiger partial charge in [0.15, 0.2) is 6.29 Å². The number of aliphatic hydroxyl groups excluding tert-OH is 6. The van der Waals surface area contributed by atoms with Gasteiger partial charge in [0.1, 0.15) is 30.5 Å². The summed E-state index contributed by atoms with van der Waals surface area (Å²) in [5, 5.41) is 54.9. The van der Waals surface area contributed by atoms with Gasteiger partial charge in [0.25, 0.3) is 0 Å². The maximum absolute atomic E-state index is 9.52. The second-order valence-corrected chi connectivity index (χ2v) is 3.87. The van der Waals surface area contributed by atoms with Gasteiger partial charge in [0, 0.05) is 0 Å². The van der Waals surface area contributed by atoms with Gasteiger partial charge >= 0.3 is 0 Å². The van der Waals surface area contributed by atoms with Crippen LogP contribution in [0, 0.1) is 0 Å². The fourth-order valence-corrected chi connectivity index (χ4v) is 1.46. The third-order valence-corrected chi connectivity index (χ3v) is 2.51. The van der Waals surface area contributed by atoms with Gasteiger partial charge in [-0.3, -0.25) is 0 Å². The standard InChI is InChI=1S/C9H18O8/c10-1-4(12)3-16-9-8(15)7(14)6(13)5(2-11)17-9/h4-15H,1-3H2/t4?,5-,6-,7+,8-,9+/m1/s1. The molecule has 1 fully saturated rings. The van der Waals surface area contributed by atoms with Gasteiger partial charge in [-0.2, -0.15) is 0 Å². The van der Waals surface area contributed by atoms with E-state index < -0.39 is 50.0 Å². The van der Waals surface area contributed by atoms with Crippen molar-refractivity contribution in [3.05, 3.63) is 0 Å². The molecule has 0 saturated carbocycles. The summed E-state index contributed by atoms with van der Waals surface area (Å²) in [5.41, 5.74) is 0. The van der Waals surface area contributed by atoms with Gasteiger partial charge < -0.3 is 40.1 Å². The van der Waals surface area contributed by atoms with Crippen LogP contribution in [0.1, 0.15) is 0 Å². The van der Waals surface area contributed by atoms with E-state index in [4.69, 9.17) is 24.8 Å². The van der Waals surface area contributed by atoms with Crippen LogP contribution in [-0.2, 0) is 9.47 Å². The molecule has 1 heterocycles. The van der Waals surface area contributed by atoms with Gasteiger partial charge in [-0.1, -0.05) is 0 Å². The topological polar surface area (TPSA) is 140 Å². The van der Waals surface area contributed by atoms with Crippen LogP contribution in [0.25, 0.3) is 0 Å². The zero-order chi connectivity index (χ0) is 13.0. The van der Waals surface area contributed by atoms with Gasteiger partial charge in [-0.15, -0.1) is 0 Å². The summed E-state index contributed by atoms with van der Waals surface area (Å²) in [7, 11) is 0. The first kappa shape index (κ1) is 14.7. The monoisotopic (exact) mass is 254 g/mol. The van der Waals surface area contributed by atoms with E-state index in [0.717, 1.165) is 0 Å². The molecule has 0 bridgehead atoms. The molecule has 0 aromatic carbocycles. The molecule has 17 heavy (non-hydrogen) atoms. The molecule has 1 rings (SSSR count). The lowest BCUT2D eigenvalue weighted by molar-refractivity contribution is -0.304. The molecule has 0 aromatic rings. The van der Waals surface area contributed by atoms with Crippen molar-refractivity contribution in [3.63, 3.8) is 0 Å². The molecule has 0 amide bonds. The van der Waals surface area contributed by atoms with E-state index in [1.807, 2.05) is 0 Å². The lowest BCUT2D eigenvalue weighted by Crippen LogP contribution is -2.59. The van der Waals surface area contributed by atoms with Crippen molar-refractivity contribution >= 4 is 0 Å². The Hall–Kier alpha value is -0.320. The molecule has 6 N–H and O–H groups in total. The quantitative estimate of drug-likeness (QED) is 0.293. The van der Waals surface area contributed by atoms with Crippen LogP contribution in [0.2, 0.25) is 0 Å². The summed E-state index contributed by atoms with van der Waals surface area (Å²) in [5.74, 6) is 0. The molecule has 0 aromatic heterocycles. The minimum absolute atomic E-state index is 0.306. The van der Waals surface area contributed by atoms with E-state index >= 15 is 0 Å². The third kappa shape index (κ3) is 3.57. The zero-order valence-electron chi connectivity index (χ0n) is 9.09. The molecule has 6 atom stereocenters. The minimum atomic E-state index is -1.52. The van der Waals surface area contributed by atoms with E-state index in [9.17, 15) is 15.3 Å². The Balaban J connectivity index is 2.53. The number of hydrogen-bond acceptors (Lipinski definition) is 8. The number of rotatable bonds is 5. The second-order valence-electron chi connectivity index (χ2n) is 3.87. The summed E-state index contributed by atoms with van der Waals surface area (Å²) in [4.78, 5) is 0. The highest BCUT2D eigenvalue weighted by atomic mass is 16.7. The molecule has 0 aliphatic carbocycles. The summed E-state index contributed by atoms with van der Waals surface area (Å²) in [6.45, 7) is -1.37.